The average Bonchev–Trinajstić information content (AvgIpc) is 2.47. The summed E-state index contributed by atoms with van der Waals surface area (Å²) >= 11 is 0. The highest BCUT2D eigenvalue weighted by Crippen LogP contribution is 2.21. The maximum atomic E-state index is 13.7. The number of halogens is 1. The van der Waals surface area contributed by atoms with Gasteiger partial charge in [0.2, 0.25) is 0 Å². The normalized spacial score (nSPS) is 10.7. The Balaban J connectivity index is 2.36. The van der Waals surface area contributed by atoms with Crippen LogP contribution in [0.3, 0.4) is 0 Å². The summed E-state index contributed by atoms with van der Waals surface area (Å²) in [5.41, 5.74) is 2.23. The van der Waals surface area contributed by atoms with E-state index in [4.69, 9.17) is 0 Å². The zero-order valence-electron chi connectivity index (χ0n) is 13.2. The van der Waals surface area contributed by atoms with Gasteiger partial charge in [-0.2, -0.15) is 0 Å². The lowest BCUT2D eigenvalue weighted by Crippen LogP contribution is -2.20. The molecule has 0 saturated heterocycles. The summed E-state index contributed by atoms with van der Waals surface area (Å²) in [5.74, 6) is 1.23. The van der Waals surface area contributed by atoms with Crippen LogP contribution in [0.4, 0.5) is 10.2 Å². The third kappa shape index (κ3) is 3.78. The second-order valence-corrected chi connectivity index (χ2v) is 5.43. The predicted octanol–water partition coefficient (Wildman–Crippen LogP) is 4.14. The first-order chi connectivity index (χ1) is 10.0. The Hall–Kier alpha value is -1.97. The third-order valence-electron chi connectivity index (χ3n) is 3.51. The van der Waals surface area contributed by atoms with Crippen molar-refractivity contribution in [2.45, 2.75) is 33.6 Å². The van der Waals surface area contributed by atoms with E-state index in [1.54, 1.807) is 13.0 Å². The van der Waals surface area contributed by atoms with Crippen molar-refractivity contribution in [3.8, 4) is 11.4 Å². The summed E-state index contributed by atoms with van der Waals surface area (Å²) in [4.78, 5) is 11.1. The van der Waals surface area contributed by atoms with Gasteiger partial charge in [-0.1, -0.05) is 25.5 Å². The number of anilines is 1. The van der Waals surface area contributed by atoms with E-state index in [2.05, 4.69) is 21.8 Å². The van der Waals surface area contributed by atoms with Gasteiger partial charge in [-0.15, -0.1) is 0 Å². The van der Waals surface area contributed by atoms with Crippen LogP contribution in [0.15, 0.2) is 24.3 Å². The minimum Gasteiger partial charge on any atom is -0.360 e. The molecule has 21 heavy (non-hydrogen) atoms. The summed E-state index contributed by atoms with van der Waals surface area (Å²) in [6.45, 7) is 6.81. The van der Waals surface area contributed by atoms with Crippen molar-refractivity contribution in [1.29, 1.82) is 0 Å². The Morgan fingerprint density at radius 1 is 1.14 bits per heavy atom. The largest absolute Gasteiger partial charge is 0.360 e. The third-order valence-corrected chi connectivity index (χ3v) is 3.51. The quantitative estimate of drug-likeness (QED) is 0.827. The van der Waals surface area contributed by atoms with E-state index < -0.39 is 0 Å². The van der Waals surface area contributed by atoms with E-state index in [9.17, 15) is 4.39 Å². The second-order valence-electron chi connectivity index (χ2n) is 5.43. The smallest absolute Gasteiger partial charge is 0.161 e. The lowest BCUT2D eigenvalue weighted by atomic mass is 10.1. The highest BCUT2D eigenvalue weighted by Gasteiger charge is 2.09. The minimum absolute atomic E-state index is 0.224. The van der Waals surface area contributed by atoms with Crippen LogP contribution in [-0.2, 0) is 0 Å². The Kier molecular flexibility index (Phi) is 4.89. The molecule has 2 rings (SSSR count). The first-order valence-electron chi connectivity index (χ1n) is 7.34. The molecule has 0 radical (unpaired) electrons. The van der Waals surface area contributed by atoms with Crippen LogP contribution in [-0.4, -0.2) is 23.6 Å². The second kappa shape index (κ2) is 6.66. The molecule has 2 aromatic rings. The summed E-state index contributed by atoms with van der Waals surface area (Å²) < 4.78 is 13.7. The van der Waals surface area contributed by atoms with Crippen LogP contribution in [0.2, 0.25) is 0 Å². The van der Waals surface area contributed by atoms with Crippen molar-refractivity contribution in [3.05, 3.63) is 41.3 Å². The van der Waals surface area contributed by atoms with Crippen LogP contribution in [0.5, 0.6) is 0 Å². The average molecular weight is 287 g/mol. The van der Waals surface area contributed by atoms with Gasteiger partial charge < -0.3 is 4.90 Å². The molecule has 1 aromatic heterocycles. The van der Waals surface area contributed by atoms with Gasteiger partial charge in [0.15, 0.2) is 5.82 Å². The van der Waals surface area contributed by atoms with Crippen LogP contribution >= 0.6 is 0 Å². The summed E-state index contributed by atoms with van der Waals surface area (Å²) in [5, 5.41) is 0. The maximum absolute atomic E-state index is 13.7. The molecule has 1 heterocycles. The Bertz CT molecular complexity index is 625. The predicted molar refractivity (Wildman–Crippen MR) is 85.1 cm³/mol. The molecule has 0 aliphatic carbocycles. The highest BCUT2D eigenvalue weighted by molar-refractivity contribution is 5.58. The first kappa shape index (κ1) is 15.4. The minimum atomic E-state index is -0.224. The van der Waals surface area contributed by atoms with Crippen molar-refractivity contribution in [2.75, 3.05) is 18.5 Å². The molecule has 0 aliphatic rings. The molecule has 0 N–H and O–H groups in total. The monoisotopic (exact) mass is 287 g/mol. The lowest BCUT2D eigenvalue weighted by molar-refractivity contribution is 0.619. The van der Waals surface area contributed by atoms with Crippen molar-refractivity contribution < 1.29 is 4.39 Å². The first-order valence-corrected chi connectivity index (χ1v) is 7.34. The number of nitrogens with zero attached hydrogens (tertiary/aromatic N) is 3. The zero-order chi connectivity index (χ0) is 15.4. The molecule has 3 nitrogen and oxygen atoms in total. The molecule has 0 aliphatic heterocycles. The SMILES string of the molecule is CCCCN(C)c1cc(C)nc(-c2ccc(C)c(F)c2)n1. The van der Waals surface area contributed by atoms with Crippen molar-refractivity contribution in [1.82, 2.24) is 9.97 Å². The molecule has 0 bridgehead atoms. The van der Waals surface area contributed by atoms with E-state index in [0.29, 0.717) is 17.0 Å². The molecular formula is C17H22FN3. The van der Waals surface area contributed by atoms with Crippen LogP contribution < -0.4 is 4.90 Å². The number of benzene rings is 1. The lowest BCUT2D eigenvalue weighted by Gasteiger charge is -2.18. The molecule has 0 unspecified atom stereocenters. The van der Waals surface area contributed by atoms with Gasteiger partial charge in [0.25, 0.3) is 0 Å². The van der Waals surface area contributed by atoms with Crippen molar-refractivity contribution in [2.24, 2.45) is 0 Å². The van der Waals surface area contributed by atoms with Crippen molar-refractivity contribution in [3.63, 3.8) is 0 Å². The van der Waals surface area contributed by atoms with Crippen LogP contribution in [0.1, 0.15) is 31.0 Å². The number of hydrogen-bond donors (Lipinski definition) is 0. The highest BCUT2D eigenvalue weighted by atomic mass is 19.1. The van der Waals surface area contributed by atoms with Crippen molar-refractivity contribution >= 4 is 5.82 Å². The van der Waals surface area contributed by atoms with Crippen LogP contribution in [0.25, 0.3) is 11.4 Å². The molecule has 0 atom stereocenters. The van der Waals surface area contributed by atoms with E-state index in [1.165, 1.54) is 6.07 Å². The molecule has 0 fully saturated rings. The number of aryl methyl sites for hydroxylation is 2. The van der Waals surface area contributed by atoms with E-state index in [-0.39, 0.29) is 5.82 Å². The Labute approximate surface area is 125 Å². The molecule has 4 heteroatoms. The Morgan fingerprint density at radius 3 is 2.57 bits per heavy atom. The molecule has 0 spiro atoms. The Morgan fingerprint density at radius 2 is 1.90 bits per heavy atom. The molecule has 0 amide bonds. The summed E-state index contributed by atoms with van der Waals surface area (Å²) in [6, 6.07) is 7.09. The van der Waals surface area contributed by atoms with Crippen LogP contribution in [0, 0.1) is 19.7 Å². The molecular weight excluding hydrogens is 265 g/mol. The van der Waals surface area contributed by atoms with Gasteiger partial charge in [-0.25, -0.2) is 14.4 Å². The van der Waals surface area contributed by atoms with Gasteiger partial charge in [-0.3, -0.25) is 0 Å². The summed E-state index contributed by atoms with van der Waals surface area (Å²) in [6.07, 6.45) is 2.26. The topological polar surface area (TPSA) is 29.0 Å². The van der Waals surface area contributed by atoms with Gasteiger partial charge in [0.05, 0.1) is 0 Å². The number of aromatic nitrogens is 2. The van der Waals surface area contributed by atoms with E-state index >= 15 is 0 Å². The summed E-state index contributed by atoms with van der Waals surface area (Å²) in [7, 11) is 2.02. The molecule has 1 aromatic carbocycles. The zero-order valence-corrected chi connectivity index (χ0v) is 13.2. The number of unbranched alkanes of at least 4 members (excludes halogenated alkanes) is 1. The fourth-order valence-electron chi connectivity index (χ4n) is 2.12. The van der Waals surface area contributed by atoms with E-state index in [1.807, 2.05) is 26.1 Å². The number of hydrogen-bond acceptors (Lipinski definition) is 3. The fourth-order valence-corrected chi connectivity index (χ4v) is 2.12. The number of rotatable bonds is 5. The van der Waals surface area contributed by atoms with E-state index in [0.717, 1.165) is 30.9 Å². The molecule has 0 saturated carbocycles. The van der Waals surface area contributed by atoms with Gasteiger partial charge >= 0.3 is 0 Å². The van der Waals surface area contributed by atoms with Gasteiger partial charge in [0, 0.05) is 30.9 Å². The standard InChI is InChI=1S/C17H22FN3/c1-5-6-9-21(4)16-10-13(3)19-17(20-16)14-8-7-12(2)15(18)11-14/h7-8,10-11H,5-6,9H2,1-4H3. The van der Waals surface area contributed by atoms with Gasteiger partial charge in [-0.05, 0) is 31.9 Å². The van der Waals surface area contributed by atoms with Gasteiger partial charge in [0.1, 0.15) is 11.6 Å². The molecule has 112 valence electrons. The maximum Gasteiger partial charge on any atom is 0.161 e. The fraction of sp³-hybridized carbons (Fsp3) is 0.412.